The van der Waals surface area contributed by atoms with Crippen LogP contribution in [0.25, 0.3) is 5.65 Å². The molecule has 1 aliphatic heterocycles. The predicted molar refractivity (Wildman–Crippen MR) is 73.6 cm³/mol. The zero-order valence-electron chi connectivity index (χ0n) is 10.6. The molecule has 0 bridgehead atoms. The van der Waals surface area contributed by atoms with Crippen LogP contribution < -0.4 is 10.7 Å². The second-order valence-electron chi connectivity index (χ2n) is 4.92. The average molecular weight is 294 g/mol. The first-order chi connectivity index (χ1) is 9.43. The molecule has 2 aromatic heterocycles. The third-order valence-corrected chi connectivity index (χ3v) is 4.63. The quantitative estimate of drug-likeness (QED) is 0.796. The Morgan fingerprint density at radius 2 is 2.10 bits per heavy atom. The second kappa shape index (κ2) is 4.65. The minimum absolute atomic E-state index is 0.144. The van der Waals surface area contributed by atoms with Gasteiger partial charge >= 0.3 is 0 Å². The molecule has 3 heterocycles. The van der Waals surface area contributed by atoms with Gasteiger partial charge in [-0.05, 0) is 12.1 Å². The van der Waals surface area contributed by atoms with Gasteiger partial charge in [0.1, 0.15) is 10.9 Å². The molecule has 106 valence electrons. The van der Waals surface area contributed by atoms with Crippen LogP contribution in [0.1, 0.15) is 5.69 Å². The zero-order valence-corrected chi connectivity index (χ0v) is 11.5. The summed E-state index contributed by atoms with van der Waals surface area (Å²) in [6.45, 7) is 1.22. The SMILES string of the molecule is NS(=O)(=O)C1CN(Cc2cc(=O)n3ccccc3n2)C1. The highest BCUT2D eigenvalue weighted by atomic mass is 32.2. The van der Waals surface area contributed by atoms with Crippen molar-refractivity contribution < 1.29 is 8.42 Å². The molecule has 2 N–H and O–H groups in total. The predicted octanol–water partition coefficient (Wildman–Crippen LogP) is -0.833. The molecule has 20 heavy (non-hydrogen) atoms. The van der Waals surface area contributed by atoms with E-state index in [-0.39, 0.29) is 5.56 Å². The summed E-state index contributed by atoms with van der Waals surface area (Å²) in [5.41, 5.74) is 1.07. The molecular weight excluding hydrogens is 280 g/mol. The van der Waals surface area contributed by atoms with E-state index in [1.165, 1.54) is 10.5 Å². The lowest BCUT2D eigenvalue weighted by molar-refractivity contribution is 0.174. The van der Waals surface area contributed by atoms with Crippen molar-refractivity contribution in [2.24, 2.45) is 5.14 Å². The Balaban J connectivity index is 1.78. The first-order valence-electron chi connectivity index (χ1n) is 6.15. The van der Waals surface area contributed by atoms with Gasteiger partial charge in [-0.1, -0.05) is 6.07 Å². The number of pyridine rings is 1. The van der Waals surface area contributed by atoms with Crippen molar-refractivity contribution in [3.63, 3.8) is 0 Å². The van der Waals surface area contributed by atoms with E-state index in [9.17, 15) is 13.2 Å². The number of aromatic nitrogens is 2. The Labute approximate surface area is 115 Å². The number of hydrogen-bond donors (Lipinski definition) is 1. The summed E-state index contributed by atoms with van der Waals surface area (Å²) in [6, 6.07) is 6.81. The van der Waals surface area contributed by atoms with Crippen LogP contribution in [-0.2, 0) is 16.6 Å². The van der Waals surface area contributed by atoms with Crippen LogP contribution in [0, 0.1) is 0 Å². The van der Waals surface area contributed by atoms with Crippen molar-refractivity contribution in [1.29, 1.82) is 0 Å². The Kier molecular flexibility index (Phi) is 3.08. The van der Waals surface area contributed by atoms with Gasteiger partial charge in [0, 0.05) is 31.9 Å². The van der Waals surface area contributed by atoms with Crippen LogP contribution >= 0.6 is 0 Å². The van der Waals surface area contributed by atoms with E-state index in [0.29, 0.717) is 31.0 Å². The van der Waals surface area contributed by atoms with E-state index in [1.54, 1.807) is 18.3 Å². The summed E-state index contributed by atoms with van der Waals surface area (Å²) in [4.78, 5) is 18.2. The smallest absolute Gasteiger partial charge is 0.258 e. The molecule has 0 amide bonds. The third-order valence-electron chi connectivity index (χ3n) is 3.40. The number of nitrogens with zero attached hydrogens (tertiary/aromatic N) is 3. The highest BCUT2D eigenvalue weighted by molar-refractivity contribution is 7.89. The molecule has 7 nitrogen and oxygen atoms in total. The summed E-state index contributed by atoms with van der Waals surface area (Å²) in [7, 11) is -3.46. The second-order valence-corrected chi connectivity index (χ2v) is 6.76. The number of nitrogens with two attached hydrogens (primary N) is 1. The van der Waals surface area contributed by atoms with Crippen LogP contribution in [0.2, 0.25) is 0 Å². The molecule has 1 aliphatic rings. The fourth-order valence-corrected chi connectivity index (χ4v) is 3.11. The van der Waals surface area contributed by atoms with Crippen molar-refractivity contribution in [2.45, 2.75) is 11.8 Å². The van der Waals surface area contributed by atoms with Crippen LogP contribution in [0.5, 0.6) is 0 Å². The molecule has 0 atom stereocenters. The molecule has 8 heteroatoms. The zero-order chi connectivity index (χ0) is 14.3. The minimum atomic E-state index is -3.46. The van der Waals surface area contributed by atoms with E-state index in [4.69, 9.17) is 5.14 Å². The average Bonchev–Trinajstić information content (AvgIpc) is 2.32. The van der Waals surface area contributed by atoms with E-state index >= 15 is 0 Å². The van der Waals surface area contributed by atoms with Crippen molar-refractivity contribution in [3.8, 4) is 0 Å². The lowest BCUT2D eigenvalue weighted by Gasteiger charge is -2.37. The largest absolute Gasteiger partial charge is 0.295 e. The lowest BCUT2D eigenvalue weighted by Crippen LogP contribution is -2.55. The molecule has 0 spiro atoms. The normalized spacial score (nSPS) is 17.2. The number of likely N-dealkylation sites (tertiary alicyclic amines) is 1. The van der Waals surface area contributed by atoms with Crippen LogP contribution in [0.4, 0.5) is 0 Å². The lowest BCUT2D eigenvalue weighted by atomic mass is 10.2. The van der Waals surface area contributed by atoms with Gasteiger partial charge in [0.05, 0.1) is 5.69 Å². The summed E-state index contributed by atoms with van der Waals surface area (Å²) in [5.74, 6) is 0. The topological polar surface area (TPSA) is 97.8 Å². The number of primary sulfonamides is 1. The summed E-state index contributed by atoms with van der Waals surface area (Å²) >= 11 is 0. The van der Waals surface area contributed by atoms with Gasteiger partial charge in [0.25, 0.3) is 5.56 Å². The molecule has 0 radical (unpaired) electrons. The highest BCUT2D eigenvalue weighted by Crippen LogP contribution is 2.16. The fraction of sp³-hybridized carbons (Fsp3) is 0.333. The Morgan fingerprint density at radius 3 is 2.80 bits per heavy atom. The van der Waals surface area contributed by atoms with Crippen LogP contribution in [0.15, 0.2) is 35.3 Å². The van der Waals surface area contributed by atoms with Gasteiger partial charge in [-0.2, -0.15) is 0 Å². The molecule has 3 rings (SSSR count). The first-order valence-corrected chi connectivity index (χ1v) is 7.76. The Hall–Kier alpha value is -1.77. The Bertz CT molecular complexity index is 809. The molecule has 1 fully saturated rings. The molecule has 0 aliphatic carbocycles. The third kappa shape index (κ3) is 2.45. The molecule has 0 saturated carbocycles. The molecule has 0 unspecified atom stereocenters. The van der Waals surface area contributed by atoms with Crippen molar-refractivity contribution in [1.82, 2.24) is 14.3 Å². The number of rotatable bonds is 3. The van der Waals surface area contributed by atoms with Gasteiger partial charge in [-0.25, -0.2) is 18.5 Å². The van der Waals surface area contributed by atoms with Gasteiger partial charge in [-0.3, -0.25) is 14.1 Å². The van der Waals surface area contributed by atoms with Crippen molar-refractivity contribution >= 4 is 15.7 Å². The van der Waals surface area contributed by atoms with Gasteiger partial charge in [0.2, 0.25) is 10.0 Å². The molecule has 1 saturated heterocycles. The van der Waals surface area contributed by atoms with Crippen LogP contribution in [0.3, 0.4) is 0 Å². The molecule has 0 aromatic carbocycles. The maximum atomic E-state index is 11.9. The standard InChI is InChI=1S/C12H14N4O3S/c13-20(18,19)10-7-15(8-10)6-9-5-12(17)16-4-2-1-3-11(16)14-9/h1-5,10H,6-8H2,(H2,13,18,19). The molecular formula is C12H14N4O3S. The van der Waals surface area contributed by atoms with Crippen molar-refractivity contribution in [2.75, 3.05) is 13.1 Å². The van der Waals surface area contributed by atoms with Gasteiger partial charge in [0.15, 0.2) is 0 Å². The van der Waals surface area contributed by atoms with Crippen molar-refractivity contribution in [3.05, 3.63) is 46.5 Å². The summed E-state index contributed by atoms with van der Waals surface area (Å²) in [5, 5.41) is 4.56. The van der Waals surface area contributed by atoms with E-state index in [0.717, 1.165) is 0 Å². The van der Waals surface area contributed by atoms with E-state index in [2.05, 4.69) is 4.98 Å². The summed E-state index contributed by atoms with van der Waals surface area (Å²) in [6.07, 6.45) is 1.66. The number of hydrogen-bond acceptors (Lipinski definition) is 5. The first kappa shape index (κ1) is 13.2. The molecule has 2 aromatic rings. The van der Waals surface area contributed by atoms with Crippen LogP contribution in [-0.4, -0.2) is 41.0 Å². The summed E-state index contributed by atoms with van der Waals surface area (Å²) < 4.78 is 23.7. The highest BCUT2D eigenvalue weighted by Gasteiger charge is 2.35. The van der Waals surface area contributed by atoms with E-state index < -0.39 is 15.3 Å². The maximum absolute atomic E-state index is 11.9. The monoisotopic (exact) mass is 294 g/mol. The maximum Gasteiger partial charge on any atom is 0.258 e. The van der Waals surface area contributed by atoms with Gasteiger partial charge in [-0.15, -0.1) is 0 Å². The Morgan fingerprint density at radius 1 is 1.35 bits per heavy atom. The van der Waals surface area contributed by atoms with E-state index in [1.807, 2.05) is 11.0 Å². The number of sulfonamides is 1. The fourth-order valence-electron chi connectivity index (χ4n) is 2.27. The van der Waals surface area contributed by atoms with Gasteiger partial charge < -0.3 is 0 Å². The minimum Gasteiger partial charge on any atom is -0.295 e. The number of fused-ring (bicyclic) bond motifs is 1.